The van der Waals surface area contributed by atoms with Crippen LogP contribution in [0.5, 0.6) is 0 Å². The number of aryl methyl sites for hydroxylation is 1. The maximum atomic E-state index is 13.3. The van der Waals surface area contributed by atoms with Gasteiger partial charge in [-0.05, 0) is 38.8 Å². The van der Waals surface area contributed by atoms with E-state index < -0.39 is 12.0 Å². The van der Waals surface area contributed by atoms with Crippen LogP contribution in [0, 0.1) is 18.8 Å². The summed E-state index contributed by atoms with van der Waals surface area (Å²) >= 11 is 0. The predicted octanol–water partition coefficient (Wildman–Crippen LogP) is 2.12. The van der Waals surface area contributed by atoms with Crippen molar-refractivity contribution in [1.29, 1.82) is 0 Å². The zero-order valence-electron chi connectivity index (χ0n) is 15.9. The maximum absolute atomic E-state index is 13.3. The third kappa shape index (κ3) is 2.11. The first-order chi connectivity index (χ1) is 12.1. The fourth-order valence-corrected chi connectivity index (χ4v) is 4.85. The quantitative estimate of drug-likeness (QED) is 0.763. The Morgan fingerprint density at radius 1 is 1.04 bits per heavy atom. The van der Waals surface area contributed by atoms with E-state index in [1.54, 1.807) is 17.1 Å². The number of carbonyl (C=O) groups excluding carboxylic acids is 3. The molecule has 6 nitrogen and oxygen atoms in total. The lowest BCUT2D eigenvalue weighted by atomic mass is 9.85. The van der Waals surface area contributed by atoms with Gasteiger partial charge in [0.15, 0.2) is 0 Å². The summed E-state index contributed by atoms with van der Waals surface area (Å²) in [6.07, 6.45) is 0.367. The Hall–Kier alpha value is -2.21. The molecule has 0 aliphatic carbocycles. The molecule has 0 unspecified atom stereocenters. The Balaban J connectivity index is 1.80. The summed E-state index contributed by atoms with van der Waals surface area (Å²) in [5, 5.41) is 3.60. The lowest BCUT2D eigenvalue weighted by Gasteiger charge is -2.39. The van der Waals surface area contributed by atoms with E-state index in [-0.39, 0.29) is 35.2 Å². The van der Waals surface area contributed by atoms with Gasteiger partial charge in [-0.1, -0.05) is 31.5 Å². The molecule has 26 heavy (non-hydrogen) atoms. The smallest absolute Gasteiger partial charge is 0.259 e. The van der Waals surface area contributed by atoms with Crippen LogP contribution in [0.4, 0.5) is 5.69 Å². The standard InChI is InChI=1S/C20H25N3O3/c1-11(2)16-15-17(22-14(24)10-20(4,5)23(16)22)19(26)21(18(15)25)13-8-6-12(3)7-9-13/h6-9,11,15-17H,10H2,1-5H3/t15-,16+,17+/m0/s1. The first-order valence-electron chi connectivity index (χ1n) is 9.21. The van der Waals surface area contributed by atoms with Crippen LogP contribution in [0.2, 0.25) is 0 Å². The van der Waals surface area contributed by atoms with Crippen molar-refractivity contribution in [3.63, 3.8) is 0 Å². The van der Waals surface area contributed by atoms with Crippen molar-refractivity contribution in [3.05, 3.63) is 29.8 Å². The molecule has 0 aromatic heterocycles. The summed E-state index contributed by atoms with van der Waals surface area (Å²) in [6.45, 7) is 10.1. The van der Waals surface area contributed by atoms with Gasteiger partial charge in [-0.25, -0.2) is 9.91 Å². The number of rotatable bonds is 2. The van der Waals surface area contributed by atoms with Crippen molar-refractivity contribution < 1.29 is 14.4 Å². The van der Waals surface area contributed by atoms with Gasteiger partial charge in [0.2, 0.25) is 11.8 Å². The number of hydrogen-bond acceptors (Lipinski definition) is 4. The van der Waals surface area contributed by atoms with Crippen molar-refractivity contribution in [2.24, 2.45) is 11.8 Å². The fourth-order valence-electron chi connectivity index (χ4n) is 4.85. The molecule has 1 aromatic rings. The molecular weight excluding hydrogens is 330 g/mol. The van der Waals surface area contributed by atoms with Gasteiger partial charge in [0.25, 0.3) is 5.91 Å². The second-order valence-corrected chi connectivity index (χ2v) is 8.62. The van der Waals surface area contributed by atoms with Crippen LogP contribution >= 0.6 is 0 Å². The van der Waals surface area contributed by atoms with Gasteiger partial charge >= 0.3 is 0 Å². The normalized spacial score (nSPS) is 30.5. The third-order valence-electron chi connectivity index (χ3n) is 5.90. The molecule has 3 amide bonds. The Morgan fingerprint density at radius 2 is 1.65 bits per heavy atom. The highest BCUT2D eigenvalue weighted by Gasteiger charge is 2.68. The van der Waals surface area contributed by atoms with Gasteiger partial charge in [0, 0.05) is 18.0 Å². The highest BCUT2D eigenvalue weighted by molar-refractivity contribution is 6.24. The van der Waals surface area contributed by atoms with Crippen LogP contribution in [-0.4, -0.2) is 45.4 Å². The van der Waals surface area contributed by atoms with Crippen molar-refractivity contribution in [2.75, 3.05) is 4.90 Å². The van der Waals surface area contributed by atoms with E-state index in [9.17, 15) is 14.4 Å². The first-order valence-corrected chi connectivity index (χ1v) is 9.21. The average molecular weight is 355 g/mol. The topological polar surface area (TPSA) is 60.9 Å². The molecule has 0 saturated carbocycles. The molecule has 138 valence electrons. The van der Waals surface area contributed by atoms with E-state index in [4.69, 9.17) is 0 Å². The zero-order valence-corrected chi connectivity index (χ0v) is 15.9. The number of carbonyl (C=O) groups is 3. The number of hydrogen-bond donors (Lipinski definition) is 0. The van der Waals surface area contributed by atoms with E-state index in [2.05, 4.69) is 13.8 Å². The molecule has 3 heterocycles. The highest BCUT2D eigenvalue weighted by atomic mass is 16.2. The summed E-state index contributed by atoms with van der Waals surface area (Å²) in [7, 11) is 0. The second kappa shape index (κ2) is 5.39. The Labute approximate surface area is 153 Å². The molecule has 3 aliphatic heterocycles. The molecule has 4 rings (SSSR count). The third-order valence-corrected chi connectivity index (χ3v) is 5.90. The Bertz CT molecular complexity index is 799. The van der Waals surface area contributed by atoms with Gasteiger partial charge in [0.05, 0.1) is 11.6 Å². The van der Waals surface area contributed by atoms with Gasteiger partial charge in [0.1, 0.15) is 6.04 Å². The highest BCUT2D eigenvalue weighted by Crippen LogP contribution is 2.49. The van der Waals surface area contributed by atoms with Crippen LogP contribution in [-0.2, 0) is 14.4 Å². The van der Waals surface area contributed by atoms with Gasteiger partial charge in [-0.15, -0.1) is 0 Å². The number of amides is 3. The molecule has 3 aliphatic rings. The lowest BCUT2D eigenvalue weighted by molar-refractivity contribution is -0.147. The Morgan fingerprint density at radius 3 is 2.23 bits per heavy atom. The van der Waals surface area contributed by atoms with E-state index in [0.717, 1.165) is 5.56 Å². The SMILES string of the molecule is Cc1ccc(N2C(=O)[C@H]3[C@@H](C(C)C)N4N(C(=O)CC4(C)C)[C@H]3C2=O)cc1. The van der Waals surface area contributed by atoms with Crippen molar-refractivity contribution in [2.45, 2.75) is 58.7 Å². The minimum Gasteiger partial charge on any atom is -0.274 e. The molecule has 0 N–H and O–H groups in total. The average Bonchev–Trinajstić information content (AvgIpc) is 3.11. The summed E-state index contributed by atoms with van der Waals surface area (Å²) in [5.74, 6) is -0.914. The molecular formula is C20H25N3O3. The minimum absolute atomic E-state index is 0.0694. The largest absolute Gasteiger partial charge is 0.274 e. The van der Waals surface area contributed by atoms with E-state index >= 15 is 0 Å². The second-order valence-electron chi connectivity index (χ2n) is 8.62. The summed E-state index contributed by atoms with van der Waals surface area (Å²) in [6, 6.07) is 6.49. The summed E-state index contributed by atoms with van der Waals surface area (Å²) in [5.41, 5.74) is 1.27. The molecule has 3 fully saturated rings. The number of fused-ring (bicyclic) bond motifs is 3. The van der Waals surface area contributed by atoms with E-state index in [1.807, 2.05) is 37.9 Å². The monoisotopic (exact) mass is 355 g/mol. The number of anilines is 1. The van der Waals surface area contributed by atoms with Crippen LogP contribution in [0.15, 0.2) is 24.3 Å². The number of imide groups is 1. The predicted molar refractivity (Wildman–Crippen MR) is 97.0 cm³/mol. The summed E-state index contributed by atoms with van der Waals surface area (Å²) in [4.78, 5) is 40.5. The van der Waals surface area contributed by atoms with Crippen molar-refractivity contribution >= 4 is 23.4 Å². The van der Waals surface area contributed by atoms with Gasteiger partial charge in [-0.3, -0.25) is 19.4 Å². The molecule has 0 bridgehead atoms. The number of benzene rings is 1. The zero-order chi connectivity index (χ0) is 19.0. The Kier molecular flexibility index (Phi) is 3.57. The number of nitrogens with zero attached hydrogens (tertiary/aromatic N) is 3. The number of hydrazine groups is 1. The molecule has 1 aromatic carbocycles. The lowest BCUT2D eigenvalue weighted by Crippen LogP contribution is -2.53. The molecule has 0 spiro atoms. The van der Waals surface area contributed by atoms with Crippen LogP contribution < -0.4 is 4.90 Å². The van der Waals surface area contributed by atoms with Gasteiger partial charge < -0.3 is 0 Å². The van der Waals surface area contributed by atoms with Crippen molar-refractivity contribution in [3.8, 4) is 0 Å². The van der Waals surface area contributed by atoms with E-state index in [0.29, 0.717) is 12.1 Å². The van der Waals surface area contributed by atoms with Gasteiger partial charge in [-0.2, -0.15) is 0 Å². The molecule has 0 radical (unpaired) electrons. The molecule has 3 atom stereocenters. The fraction of sp³-hybridized carbons (Fsp3) is 0.550. The summed E-state index contributed by atoms with van der Waals surface area (Å²) < 4.78 is 0. The van der Waals surface area contributed by atoms with Crippen LogP contribution in [0.3, 0.4) is 0 Å². The van der Waals surface area contributed by atoms with E-state index in [1.165, 1.54) is 4.90 Å². The maximum Gasteiger partial charge on any atom is 0.259 e. The van der Waals surface area contributed by atoms with Crippen LogP contribution in [0.25, 0.3) is 0 Å². The molecule has 3 saturated heterocycles. The first kappa shape index (κ1) is 17.2. The minimum atomic E-state index is -0.717. The molecule has 6 heteroatoms. The van der Waals surface area contributed by atoms with Crippen molar-refractivity contribution in [1.82, 2.24) is 10.0 Å². The van der Waals surface area contributed by atoms with Crippen LogP contribution in [0.1, 0.15) is 39.7 Å².